The van der Waals surface area contributed by atoms with Crippen molar-refractivity contribution in [3.63, 3.8) is 0 Å². The molecule has 120 valence electrons. The van der Waals surface area contributed by atoms with Gasteiger partial charge in [0.25, 0.3) is 5.91 Å². The predicted molar refractivity (Wildman–Crippen MR) is 88.3 cm³/mol. The quantitative estimate of drug-likeness (QED) is 0.842. The normalized spacial score (nSPS) is 20.8. The van der Waals surface area contributed by atoms with Gasteiger partial charge in [0.1, 0.15) is 6.04 Å². The summed E-state index contributed by atoms with van der Waals surface area (Å²) in [7, 11) is 1.79. The first-order chi connectivity index (χ1) is 10.6. The van der Waals surface area contributed by atoms with E-state index in [1.807, 2.05) is 13.0 Å². The lowest BCUT2D eigenvalue weighted by molar-refractivity contribution is -0.133. The number of thiophene rings is 1. The molecule has 0 spiro atoms. The SMILES string of the molecule is CCN(C)C(=O)[C@H]1CSCN1C(=O)c1cc2c(s1)CCOC2. The van der Waals surface area contributed by atoms with Gasteiger partial charge in [-0.2, -0.15) is 0 Å². The summed E-state index contributed by atoms with van der Waals surface area (Å²) in [6.07, 6.45) is 0.878. The molecule has 22 heavy (non-hydrogen) atoms. The first-order valence-electron chi connectivity index (χ1n) is 7.44. The Morgan fingerprint density at radius 1 is 1.50 bits per heavy atom. The number of rotatable bonds is 3. The van der Waals surface area contributed by atoms with E-state index in [2.05, 4.69) is 0 Å². The van der Waals surface area contributed by atoms with Crippen molar-refractivity contribution in [3.05, 3.63) is 21.4 Å². The second kappa shape index (κ2) is 6.60. The molecule has 1 aromatic rings. The van der Waals surface area contributed by atoms with Crippen LogP contribution in [0.5, 0.6) is 0 Å². The Bertz CT molecular complexity index is 564. The summed E-state index contributed by atoms with van der Waals surface area (Å²) >= 11 is 3.19. The molecular formula is C15H20N2O3S2. The fourth-order valence-corrected chi connectivity index (χ4v) is 4.90. The molecule has 0 unspecified atom stereocenters. The first-order valence-corrected chi connectivity index (χ1v) is 9.42. The van der Waals surface area contributed by atoms with Gasteiger partial charge in [-0.25, -0.2) is 0 Å². The van der Waals surface area contributed by atoms with Crippen LogP contribution in [0.15, 0.2) is 6.07 Å². The van der Waals surface area contributed by atoms with E-state index in [0.717, 1.165) is 23.5 Å². The van der Waals surface area contributed by atoms with Gasteiger partial charge in [0.15, 0.2) is 0 Å². The molecule has 1 atom stereocenters. The number of fused-ring (bicyclic) bond motifs is 1. The molecule has 3 heterocycles. The number of amides is 2. The lowest BCUT2D eigenvalue weighted by atomic mass is 10.2. The minimum Gasteiger partial charge on any atom is -0.376 e. The molecule has 2 aliphatic rings. The van der Waals surface area contributed by atoms with Crippen molar-refractivity contribution in [2.45, 2.75) is 26.0 Å². The standard InChI is InChI=1S/C15H20N2O3S2/c1-3-16(2)14(18)11-8-21-9-17(11)15(19)13-6-10-7-20-5-4-12(10)22-13/h6,11H,3-5,7-9H2,1-2H3/t11-/m1/s1. The molecule has 1 saturated heterocycles. The number of carbonyl (C=O) groups is 2. The van der Waals surface area contributed by atoms with Crippen molar-refractivity contribution in [2.24, 2.45) is 0 Å². The molecule has 0 radical (unpaired) electrons. The zero-order chi connectivity index (χ0) is 15.7. The summed E-state index contributed by atoms with van der Waals surface area (Å²) in [6, 6.07) is 1.60. The first kappa shape index (κ1) is 15.8. The van der Waals surface area contributed by atoms with Crippen molar-refractivity contribution in [1.82, 2.24) is 9.80 Å². The number of nitrogens with zero attached hydrogens (tertiary/aromatic N) is 2. The third-order valence-corrected chi connectivity index (χ3v) is 6.35. The number of ether oxygens (including phenoxy) is 1. The summed E-state index contributed by atoms with van der Waals surface area (Å²) in [5.41, 5.74) is 1.13. The lowest BCUT2D eigenvalue weighted by Crippen LogP contribution is -2.47. The Morgan fingerprint density at radius 3 is 3.05 bits per heavy atom. The molecule has 2 amide bonds. The van der Waals surface area contributed by atoms with Gasteiger partial charge in [-0.1, -0.05) is 0 Å². The fraction of sp³-hybridized carbons (Fsp3) is 0.600. The lowest BCUT2D eigenvalue weighted by Gasteiger charge is -2.26. The topological polar surface area (TPSA) is 49.9 Å². The highest BCUT2D eigenvalue weighted by atomic mass is 32.2. The van der Waals surface area contributed by atoms with E-state index in [4.69, 9.17) is 4.74 Å². The van der Waals surface area contributed by atoms with Crippen LogP contribution in [0, 0.1) is 0 Å². The summed E-state index contributed by atoms with van der Waals surface area (Å²) in [6.45, 7) is 3.92. The molecule has 1 aromatic heterocycles. The molecule has 3 rings (SSSR count). The molecule has 0 bridgehead atoms. The monoisotopic (exact) mass is 340 g/mol. The van der Waals surface area contributed by atoms with Gasteiger partial charge in [-0.15, -0.1) is 23.1 Å². The van der Waals surface area contributed by atoms with Gasteiger partial charge in [-0.3, -0.25) is 9.59 Å². The highest BCUT2D eigenvalue weighted by molar-refractivity contribution is 7.99. The molecule has 2 aliphatic heterocycles. The molecule has 1 fully saturated rings. The van der Waals surface area contributed by atoms with Crippen LogP contribution < -0.4 is 0 Å². The summed E-state index contributed by atoms with van der Waals surface area (Å²) in [5, 5.41) is 0. The molecule has 0 saturated carbocycles. The Hall–Kier alpha value is -1.05. The van der Waals surface area contributed by atoms with E-state index in [0.29, 0.717) is 24.8 Å². The van der Waals surface area contributed by atoms with Crippen LogP contribution in [0.2, 0.25) is 0 Å². The maximum atomic E-state index is 12.8. The minimum atomic E-state index is -0.335. The Labute approximate surface area is 138 Å². The smallest absolute Gasteiger partial charge is 0.265 e. The molecular weight excluding hydrogens is 320 g/mol. The van der Waals surface area contributed by atoms with Crippen LogP contribution in [0.1, 0.15) is 27.0 Å². The second-order valence-electron chi connectivity index (χ2n) is 5.50. The second-order valence-corrected chi connectivity index (χ2v) is 7.64. The van der Waals surface area contributed by atoms with Gasteiger partial charge in [-0.05, 0) is 18.6 Å². The van der Waals surface area contributed by atoms with Crippen molar-refractivity contribution in [3.8, 4) is 0 Å². The van der Waals surface area contributed by atoms with Gasteiger partial charge in [0.05, 0.1) is 24.0 Å². The van der Waals surface area contributed by atoms with Crippen LogP contribution in [-0.4, -0.2) is 59.5 Å². The average molecular weight is 340 g/mol. The number of carbonyl (C=O) groups excluding carboxylic acids is 2. The molecule has 7 heteroatoms. The number of thioether (sulfide) groups is 1. The van der Waals surface area contributed by atoms with Crippen molar-refractivity contribution >= 4 is 34.9 Å². The van der Waals surface area contributed by atoms with Crippen molar-refractivity contribution in [2.75, 3.05) is 31.8 Å². The number of likely N-dealkylation sites (N-methyl/N-ethyl adjacent to an activating group) is 1. The minimum absolute atomic E-state index is 0.0211. The zero-order valence-electron chi connectivity index (χ0n) is 12.8. The van der Waals surface area contributed by atoms with Crippen LogP contribution >= 0.6 is 23.1 Å². The number of hydrogen-bond acceptors (Lipinski definition) is 5. The van der Waals surface area contributed by atoms with Crippen LogP contribution in [0.25, 0.3) is 0 Å². The highest BCUT2D eigenvalue weighted by Crippen LogP contribution is 2.31. The summed E-state index contributed by atoms with van der Waals surface area (Å²) < 4.78 is 5.44. The highest BCUT2D eigenvalue weighted by Gasteiger charge is 2.37. The van der Waals surface area contributed by atoms with Gasteiger partial charge in [0.2, 0.25) is 5.91 Å². The largest absolute Gasteiger partial charge is 0.376 e. The maximum Gasteiger partial charge on any atom is 0.265 e. The van der Waals surface area contributed by atoms with E-state index in [1.54, 1.807) is 39.9 Å². The zero-order valence-corrected chi connectivity index (χ0v) is 14.5. The Morgan fingerprint density at radius 2 is 2.32 bits per heavy atom. The van der Waals surface area contributed by atoms with Crippen molar-refractivity contribution < 1.29 is 14.3 Å². The Kier molecular flexibility index (Phi) is 4.75. The summed E-state index contributed by atoms with van der Waals surface area (Å²) in [5.74, 6) is 1.28. The molecule has 0 aliphatic carbocycles. The molecule has 0 N–H and O–H groups in total. The number of hydrogen-bond donors (Lipinski definition) is 0. The Balaban J connectivity index is 1.78. The van der Waals surface area contributed by atoms with Gasteiger partial charge >= 0.3 is 0 Å². The van der Waals surface area contributed by atoms with E-state index in [1.165, 1.54) is 4.88 Å². The summed E-state index contributed by atoms with van der Waals surface area (Å²) in [4.78, 5) is 30.6. The fourth-order valence-electron chi connectivity index (χ4n) is 2.65. The third-order valence-electron chi connectivity index (χ3n) is 4.12. The molecule has 5 nitrogen and oxygen atoms in total. The maximum absolute atomic E-state index is 12.8. The van der Waals surface area contributed by atoms with E-state index < -0.39 is 0 Å². The van der Waals surface area contributed by atoms with Gasteiger partial charge < -0.3 is 14.5 Å². The van der Waals surface area contributed by atoms with Crippen LogP contribution in [0.3, 0.4) is 0 Å². The molecule has 0 aromatic carbocycles. The van der Waals surface area contributed by atoms with Gasteiger partial charge in [0, 0.05) is 30.6 Å². The van der Waals surface area contributed by atoms with E-state index >= 15 is 0 Å². The predicted octanol–water partition coefficient (Wildman–Crippen LogP) is 1.81. The average Bonchev–Trinajstić information content (AvgIpc) is 3.18. The van der Waals surface area contributed by atoms with E-state index in [9.17, 15) is 9.59 Å². The van der Waals surface area contributed by atoms with Crippen molar-refractivity contribution in [1.29, 1.82) is 0 Å². The third kappa shape index (κ3) is 2.89. The van der Waals surface area contributed by atoms with Crippen LogP contribution in [0.4, 0.5) is 0 Å². The van der Waals surface area contributed by atoms with E-state index in [-0.39, 0.29) is 17.9 Å². The van der Waals surface area contributed by atoms with Crippen LogP contribution in [-0.2, 0) is 22.6 Å².